The van der Waals surface area contributed by atoms with Crippen molar-refractivity contribution in [1.82, 2.24) is 4.72 Å². The summed E-state index contributed by atoms with van der Waals surface area (Å²) in [6, 6.07) is 4.59. The van der Waals surface area contributed by atoms with E-state index in [9.17, 15) is 13.5 Å². The first kappa shape index (κ1) is 16.8. The lowest BCUT2D eigenvalue weighted by atomic mass is 10.1. The highest BCUT2D eigenvalue weighted by Gasteiger charge is 2.24. The lowest BCUT2D eigenvalue weighted by Gasteiger charge is -2.22. The van der Waals surface area contributed by atoms with Crippen LogP contribution in [0.4, 0.5) is 0 Å². The maximum Gasteiger partial charge on any atom is 0.240 e. The van der Waals surface area contributed by atoms with Crippen molar-refractivity contribution >= 4 is 33.4 Å². The van der Waals surface area contributed by atoms with Gasteiger partial charge in [0.15, 0.2) is 0 Å². The van der Waals surface area contributed by atoms with Crippen LogP contribution in [0.1, 0.15) is 12.5 Å². The van der Waals surface area contributed by atoms with E-state index in [0.29, 0.717) is 16.3 Å². The number of thioether (sulfide) groups is 1. The zero-order chi connectivity index (χ0) is 14.7. The molecule has 0 heterocycles. The normalized spacial score (nSPS) is 15.2. The first-order valence-electron chi connectivity index (χ1n) is 5.65. The van der Waals surface area contributed by atoms with E-state index in [4.69, 9.17) is 11.6 Å². The van der Waals surface area contributed by atoms with Crippen LogP contribution in [0.3, 0.4) is 0 Å². The van der Waals surface area contributed by atoms with Gasteiger partial charge in [-0.3, -0.25) is 0 Å². The molecule has 19 heavy (non-hydrogen) atoms. The molecule has 0 aliphatic heterocycles. The Labute approximate surface area is 123 Å². The molecule has 0 aliphatic carbocycles. The number of nitrogens with one attached hydrogen (secondary N) is 1. The topological polar surface area (TPSA) is 66.4 Å². The van der Waals surface area contributed by atoms with Crippen LogP contribution in [0.5, 0.6) is 0 Å². The number of hydrogen-bond donors (Lipinski definition) is 2. The van der Waals surface area contributed by atoms with Crippen molar-refractivity contribution in [2.24, 2.45) is 0 Å². The largest absolute Gasteiger partial charge is 0.388 e. The number of sulfonamides is 1. The monoisotopic (exact) mass is 323 g/mol. The van der Waals surface area contributed by atoms with Crippen LogP contribution >= 0.6 is 23.4 Å². The van der Waals surface area contributed by atoms with Crippen LogP contribution in [0.2, 0.25) is 5.02 Å². The van der Waals surface area contributed by atoms with Gasteiger partial charge in [0.05, 0.1) is 10.5 Å². The SMILES string of the molecule is CSCC(C)(O)CNS(=O)(=O)c1ccc(Cl)cc1C. The van der Waals surface area contributed by atoms with Crippen molar-refractivity contribution in [3.05, 3.63) is 28.8 Å². The number of aryl methyl sites for hydroxylation is 1. The van der Waals surface area contributed by atoms with Crippen molar-refractivity contribution in [3.8, 4) is 0 Å². The summed E-state index contributed by atoms with van der Waals surface area (Å²) in [6.45, 7) is 3.25. The summed E-state index contributed by atoms with van der Waals surface area (Å²) in [4.78, 5) is 0.178. The van der Waals surface area contributed by atoms with Gasteiger partial charge < -0.3 is 5.11 Å². The van der Waals surface area contributed by atoms with Gasteiger partial charge in [0.1, 0.15) is 0 Å². The van der Waals surface area contributed by atoms with Crippen LogP contribution in [0, 0.1) is 6.92 Å². The minimum Gasteiger partial charge on any atom is -0.388 e. The fourth-order valence-electron chi connectivity index (χ4n) is 1.60. The van der Waals surface area contributed by atoms with Crippen molar-refractivity contribution in [2.45, 2.75) is 24.3 Å². The van der Waals surface area contributed by atoms with Gasteiger partial charge in [-0.2, -0.15) is 11.8 Å². The zero-order valence-electron chi connectivity index (χ0n) is 11.1. The standard InChI is InChI=1S/C12H18ClNO3S2/c1-9-6-10(13)4-5-11(9)19(16,17)14-7-12(2,15)8-18-3/h4-6,14-15H,7-8H2,1-3H3. The number of benzene rings is 1. The average molecular weight is 324 g/mol. The molecule has 1 rings (SSSR count). The van der Waals surface area contributed by atoms with Gasteiger partial charge >= 0.3 is 0 Å². The number of halogens is 1. The smallest absolute Gasteiger partial charge is 0.240 e. The van der Waals surface area contributed by atoms with Crippen molar-refractivity contribution in [1.29, 1.82) is 0 Å². The molecule has 0 saturated heterocycles. The Morgan fingerprint density at radius 3 is 2.63 bits per heavy atom. The molecule has 1 unspecified atom stereocenters. The fourth-order valence-corrected chi connectivity index (χ4v) is 3.94. The summed E-state index contributed by atoms with van der Waals surface area (Å²) >= 11 is 7.26. The van der Waals surface area contributed by atoms with Crippen LogP contribution in [-0.4, -0.2) is 37.7 Å². The summed E-state index contributed by atoms with van der Waals surface area (Å²) in [5, 5.41) is 10.5. The molecule has 0 saturated carbocycles. The number of hydrogen-bond acceptors (Lipinski definition) is 4. The van der Waals surface area contributed by atoms with E-state index in [-0.39, 0.29) is 11.4 Å². The second-order valence-corrected chi connectivity index (χ2v) is 7.70. The Bertz CT molecular complexity index is 544. The van der Waals surface area contributed by atoms with Gasteiger partial charge in [-0.15, -0.1) is 0 Å². The van der Waals surface area contributed by atoms with Gasteiger partial charge in [-0.05, 0) is 43.9 Å². The van der Waals surface area contributed by atoms with E-state index in [1.165, 1.54) is 23.9 Å². The second kappa shape index (κ2) is 6.45. The zero-order valence-corrected chi connectivity index (χ0v) is 13.5. The summed E-state index contributed by atoms with van der Waals surface area (Å²) in [5.74, 6) is 0.453. The minimum atomic E-state index is -3.64. The molecule has 0 spiro atoms. The summed E-state index contributed by atoms with van der Waals surface area (Å²) < 4.78 is 26.7. The third-order valence-corrected chi connectivity index (χ3v) is 5.23. The van der Waals surface area contributed by atoms with Gasteiger partial charge in [0.25, 0.3) is 0 Å². The molecule has 0 fully saturated rings. The Hall–Kier alpha value is -0.270. The highest BCUT2D eigenvalue weighted by atomic mass is 35.5. The molecule has 2 N–H and O–H groups in total. The van der Waals surface area contributed by atoms with Crippen molar-refractivity contribution < 1.29 is 13.5 Å². The average Bonchev–Trinajstić information content (AvgIpc) is 2.26. The molecule has 0 bridgehead atoms. The fraction of sp³-hybridized carbons (Fsp3) is 0.500. The number of aliphatic hydroxyl groups is 1. The molecule has 1 aromatic rings. The van der Waals surface area contributed by atoms with Crippen molar-refractivity contribution in [2.75, 3.05) is 18.6 Å². The van der Waals surface area contributed by atoms with Crippen LogP contribution in [-0.2, 0) is 10.0 Å². The molecule has 0 aliphatic rings. The molecule has 1 aromatic carbocycles. The van der Waals surface area contributed by atoms with E-state index in [0.717, 1.165) is 0 Å². The third kappa shape index (κ3) is 4.96. The highest BCUT2D eigenvalue weighted by molar-refractivity contribution is 7.98. The van der Waals surface area contributed by atoms with Gasteiger partial charge in [-0.25, -0.2) is 13.1 Å². The molecular formula is C12H18ClNO3S2. The lowest BCUT2D eigenvalue weighted by molar-refractivity contribution is 0.0908. The van der Waals surface area contributed by atoms with Gasteiger partial charge in [-0.1, -0.05) is 11.6 Å². The Morgan fingerprint density at radius 1 is 1.47 bits per heavy atom. The summed E-state index contributed by atoms with van der Waals surface area (Å²) in [7, 11) is -3.64. The van der Waals surface area contributed by atoms with Crippen LogP contribution < -0.4 is 4.72 Å². The lowest BCUT2D eigenvalue weighted by Crippen LogP contribution is -2.42. The van der Waals surface area contributed by atoms with Gasteiger partial charge in [0, 0.05) is 17.3 Å². The van der Waals surface area contributed by atoms with E-state index >= 15 is 0 Å². The van der Waals surface area contributed by atoms with Crippen LogP contribution in [0.25, 0.3) is 0 Å². The maximum atomic E-state index is 12.1. The van der Waals surface area contributed by atoms with Gasteiger partial charge in [0.2, 0.25) is 10.0 Å². The van der Waals surface area contributed by atoms with E-state index in [1.807, 2.05) is 6.26 Å². The predicted molar refractivity (Wildman–Crippen MR) is 80.4 cm³/mol. The summed E-state index contributed by atoms with van der Waals surface area (Å²) in [6.07, 6.45) is 1.85. The maximum absolute atomic E-state index is 12.1. The third-order valence-electron chi connectivity index (χ3n) is 2.52. The Balaban J connectivity index is 2.87. The number of rotatable bonds is 6. The molecule has 0 amide bonds. The first-order chi connectivity index (χ1) is 8.68. The van der Waals surface area contributed by atoms with E-state index < -0.39 is 15.6 Å². The molecule has 7 heteroatoms. The second-order valence-electron chi connectivity index (χ2n) is 4.66. The summed E-state index contributed by atoms with van der Waals surface area (Å²) in [5.41, 5.74) is -0.503. The predicted octanol–water partition coefficient (Wildman–Crippen LogP) is 2.04. The van der Waals surface area contributed by atoms with E-state index in [1.54, 1.807) is 19.9 Å². The Morgan fingerprint density at radius 2 is 2.11 bits per heavy atom. The first-order valence-corrected chi connectivity index (χ1v) is 8.90. The molecular weight excluding hydrogens is 306 g/mol. The molecule has 108 valence electrons. The molecule has 0 aromatic heterocycles. The quantitative estimate of drug-likeness (QED) is 0.840. The molecule has 4 nitrogen and oxygen atoms in total. The molecule has 1 atom stereocenters. The van der Waals surface area contributed by atoms with Crippen LogP contribution in [0.15, 0.2) is 23.1 Å². The van der Waals surface area contributed by atoms with Crippen molar-refractivity contribution in [3.63, 3.8) is 0 Å². The Kier molecular flexibility index (Phi) is 5.70. The minimum absolute atomic E-state index is 0.0295. The van der Waals surface area contributed by atoms with E-state index in [2.05, 4.69) is 4.72 Å². The molecule has 0 radical (unpaired) electrons. The highest BCUT2D eigenvalue weighted by Crippen LogP contribution is 2.20.